The number of aromatic nitrogens is 3. The Hall–Kier alpha value is -7.82. The van der Waals surface area contributed by atoms with E-state index in [0.29, 0.717) is 5.95 Å². The number of rotatable bonds is 4. The lowest BCUT2D eigenvalue weighted by Gasteiger charge is -2.13. The van der Waals surface area contributed by atoms with Crippen molar-refractivity contribution in [2.75, 3.05) is 0 Å². The van der Waals surface area contributed by atoms with Gasteiger partial charge in [0.15, 0.2) is 0 Å². The zero-order chi connectivity index (χ0) is 37.9. The first-order valence-electron chi connectivity index (χ1n) is 19.7. The zero-order valence-electron chi connectivity index (χ0n) is 31.1. The zero-order valence-corrected chi connectivity index (χ0v) is 31.1. The summed E-state index contributed by atoms with van der Waals surface area (Å²) in [6.45, 7) is 0. The molecule has 3 heterocycles. The molecule has 4 heteroatoms. The van der Waals surface area contributed by atoms with Crippen LogP contribution < -0.4 is 0 Å². The molecule has 13 rings (SSSR count). The predicted octanol–water partition coefficient (Wildman–Crippen LogP) is 14.4. The summed E-state index contributed by atoms with van der Waals surface area (Å²) >= 11 is 0. The fraction of sp³-hybridized carbons (Fsp3) is 0. The highest BCUT2D eigenvalue weighted by Gasteiger charge is 2.23. The first-order valence-corrected chi connectivity index (χ1v) is 19.7. The molecule has 0 radical (unpaired) electrons. The van der Waals surface area contributed by atoms with E-state index in [1.165, 1.54) is 44.2 Å². The lowest BCUT2D eigenvalue weighted by molar-refractivity contribution is 0.669. The number of hydrogen-bond donors (Lipinski definition) is 0. The number of nitrogens with zero attached hydrogens (tertiary/aromatic N) is 3. The van der Waals surface area contributed by atoms with Crippen molar-refractivity contribution in [1.82, 2.24) is 14.5 Å². The molecule has 0 aliphatic heterocycles. The van der Waals surface area contributed by atoms with Gasteiger partial charge in [-0.3, -0.25) is 4.57 Å². The molecular weight excluding hydrogens is 707 g/mol. The van der Waals surface area contributed by atoms with Gasteiger partial charge in [-0.1, -0.05) is 146 Å². The van der Waals surface area contributed by atoms with Crippen molar-refractivity contribution in [1.29, 1.82) is 0 Å². The molecule has 4 nitrogen and oxygen atoms in total. The van der Waals surface area contributed by atoms with Crippen LogP contribution in [0.15, 0.2) is 192 Å². The minimum absolute atomic E-state index is 0.648. The SMILES string of the molecule is c1ccc2c(c1)-c1cccc3c(-c4ccc(-c5nc(-n6c7ccccc7c7cc(-c8ccc9oc%10ccccc%10c9c8)ccc76)nc6ccccc56)cc4)ccc-2c13. The first kappa shape index (κ1) is 31.4. The van der Waals surface area contributed by atoms with Gasteiger partial charge < -0.3 is 4.42 Å². The molecule has 1 aliphatic carbocycles. The van der Waals surface area contributed by atoms with Crippen molar-refractivity contribution in [2.24, 2.45) is 0 Å². The van der Waals surface area contributed by atoms with Crippen LogP contribution in [0.4, 0.5) is 0 Å². The van der Waals surface area contributed by atoms with E-state index in [1.54, 1.807) is 0 Å². The number of para-hydroxylation sites is 3. The Balaban J connectivity index is 0.943. The quantitative estimate of drug-likeness (QED) is 0.181. The topological polar surface area (TPSA) is 43.9 Å². The summed E-state index contributed by atoms with van der Waals surface area (Å²) in [5.41, 5.74) is 16.7. The van der Waals surface area contributed by atoms with E-state index in [-0.39, 0.29) is 0 Å². The molecule has 268 valence electrons. The van der Waals surface area contributed by atoms with Gasteiger partial charge in [0, 0.05) is 32.5 Å². The van der Waals surface area contributed by atoms with Gasteiger partial charge in [0.1, 0.15) is 11.2 Å². The predicted molar refractivity (Wildman–Crippen MR) is 239 cm³/mol. The summed E-state index contributed by atoms with van der Waals surface area (Å²) in [6.07, 6.45) is 0. The molecule has 0 saturated heterocycles. The van der Waals surface area contributed by atoms with Crippen LogP contribution in [0, 0.1) is 0 Å². The maximum atomic E-state index is 6.14. The van der Waals surface area contributed by atoms with Gasteiger partial charge in [-0.2, -0.15) is 0 Å². The highest BCUT2D eigenvalue weighted by Crippen LogP contribution is 2.49. The van der Waals surface area contributed by atoms with Gasteiger partial charge >= 0.3 is 0 Å². The minimum Gasteiger partial charge on any atom is -0.456 e. The summed E-state index contributed by atoms with van der Waals surface area (Å²) < 4.78 is 8.36. The summed E-state index contributed by atoms with van der Waals surface area (Å²) in [4.78, 5) is 10.6. The van der Waals surface area contributed by atoms with Crippen LogP contribution in [-0.4, -0.2) is 14.5 Å². The molecule has 3 aromatic heterocycles. The van der Waals surface area contributed by atoms with Crippen LogP contribution in [0.25, 0.3) is 127 Å². The van der Waals surface area contributed by atoms with E-state index < -0.39 is 0 Å². The largest absolute Gasteiger partial charge is 0.456 e. The second-order valence-corrected chi connectivity index (χ2v) is 15.3. The van der Waals surface area contributed by atoms with Gasteiger partial charge in [0.25, 0.3) is 0 Å². The number of benzene rings is 9. The van der Waals surface area contributed by atoms with E-state index in [9.17, 15) is 0 Å². The second kappa shape index (κ2) is 11.8. The third kappa shape index (κ3) is 4.45. The van der Waals surface area contributed by atoms with Crippen molar-refractivity contribution in [2.45, 2.75) is 0 Å². The lowest BCUT2D eigenvalue weighted by atomic mass is 9.93. The number of furan rings is 1. The molecule has 58 heavy (non-hydrogen) atoms. The van der Waals surface area contributed by atoms with Gasteiger partial charge in [-0.25, -0.2) is 9.97 Å². The number of fused-ring (bicyclic) bond motifs is 10. The highest BCUT2D eigenvalue weighted by atomic mass is 16.3. The Labute approximate surface area is 332 Å². The van der Waals surface area contributed by atoms with E-state index >= 15 is 0 Å². The first-order chi connectivity index (χ1) is 28.7. The summed E-state index contributed by atoms with van der Waals surface area (Å²) in [5, 5.41) is 8.20. The van der Waals surface area contributed by atoms with Crippen LogP contribution in [0.3, 0.4) is 0 Å². The van der Waals surface area contributed by atoms with Gasteiger partial charge in [0.2, 0.25) is 5.95 Å². The fourth-order valence-corrected chi connectivity index (χ4v) is 9.53. The second-order valence-electron chi connectivity index (χ2n) is 15.3. The van der Waals surface area contributed by atoms with Crippen molar-refractivity contribution in [3.8, 4) is 61.7 Å². The maximum absolute atomic E-state index is 6.14. The normalized spacial score (nSPS) is 12.1. The Kier molecular flexibility index (Phi) is 6.41. The standard InChI is InChI=1S/C54H31N3O/c1-2-11-38-37(10-1)42-16-9-15-41-36(26-27-43(38)52(41)42)32-20-22-33(23-21-32)53-44-14-3-6-17-47(44)55-54(56-53)57-48-18-7-4-12-39(48)45-30-34(24-28-49(45)57)35-25-29-51-46(31-35)40-13-5-8-19-50(40)58-51/h1-31H. The van der Waals surface area contributed by atoms with Gasteiger partial charge in [-0.05, 0) is 97.7 Å². The van der Waals surface area contributed by atoms with Crippen LogP contribution in [0.2, 0.25) is 0 Å². The molecule has 0 spiro atoms. The average molecular weight is 738 g/mol. The van der Waals surface area contributed by atoms with E-state index in [1.807, 2.05) is 12.1 Å². The molecule has 12 aromatic rings. The smallest absolute Gasteiger partial charge is 0.235 e. The van der Waals surface area contributed by atoms with E-state index in [0.717, 1.165) is 77.0 Å². The molecule has 0 unspecified atom stereocenters. The maximum Gasteiger partial charge on any atom is 0.235 e. The molecule has 0 bridgehead atoms. The van der Waals surface area contributed by atoms with Crippen molar-refractivity contribution >= 4 is 65.4 Å². The van der Waals surface area contributed by atoms with Crippen molar-refractivity contribution in [3.63, 3.8) is 0 Å². The highest BCUT2D eigenvalue weighted by molar-refractivity contribution is 6.19. The number of hydrogen-bond acceptors (Lipinski definition) is 3. The van der Waals surface area contributed by atoms with E-state index in [4.69, 9.17) is 14.4 Å². The molecule has 0 N–H and O–H groups in total. The molecule has 0 amide bonds. The Morgan fingerprint density at radius 3 is 1.79 bits per heavy atom. The Morgan fingerprint density at radius 1 is 0.345 bits per heavy atom. The molecule has 0 saturated carbocycles. The van der Waals surface area contributed by atoms with Crippen LogP contribution >= 0.6 is 0 Å². The molecular formula is C54H31N3O. The summed E-state index contributed by atoms with van der Waals surface area (Å²) in [7, 11) is 0. The van der Waals surface area contributed by atoms with Crippen molar-refractivity contribution < 1.29 is 4.42 Å². The molecule has 9 aromatic carbocycles. The molecule has 0 fully saturated rings. The van der Waals surface area contributed by atoms with Crippen LogP contribution in [0.1, 0.15) is 0 Å². The lowest BCUT2D eigenvalue weighted by Crippen LogP contribution is -2.03. The van der Waals surface area contributed by atoms with Crippen LogP contribution in [-0.2, 0) is 0 Å². The third-order valence-electron chi connectivity index (χ3n) is 12.2. The Bertz CT molecular complexity index is 3650. The Morgan fingerprint density at radius 2 is 0.931 bits per heavy atom. The molecule has 0 atom stereocenters. The minimum atomic E-state index is 0.648. The van der Waals surface area contributed by atoms with Crippen molar-refractivity contribution in [3.05, 3.63) is 188 Å². The van der Waals surface area contributed by atoms with Gasteiger partial charge in [0.05, 0.1) is 22.2 Å². The third-order valence-corrected chi connectivity index (χ3v) is 12.2. The van der Waals surface area contributed by atoms with Gasteiger partial charge in [-0.15, -0.1) is 0 Å². The monoisotopic (exact) mass is 737 g/mol. The molecule has 1 aliphatic rings. The van der Waals surface area contributed by atoms with E-state index in [2.05, 4.69) is 180 Å². The van der Waals surface area contributed by atoms with Crippen LogP contribution in [0.5, 0.6) is 0 Å². The fourth-order valence-electron chi connectivity index (χ4n) is 9.53. The summed E-state index contributed by atoms with van der Waals surface area (Å²) in [6, 6.07) is 67.3. The summed E-state index contributed by atoms with van der Waals surface area (Å²) in [5.74, 6) is 0.648. The average Bonchev–Trinajstić information content (AvgIpc) is 3.94.